The SMILES string of the molecule is COc1ccc(CC(=O)Nc2ccc(C3OCC(=O)N(Cc4ccncc4)C3CO)cc2)cc1. The lowest BCUT2D eigenvalue weighted by atomic mass is 9.98. The minimum Gasteiger partial charge on any atom is -0.497 e. The Morgan fingerprint density at radius 3 is 2.44 bits per heavy atom. The van der Waals surface area contributed by atoms with Gasteiger partial charge in [0.1, 0.15) is 18.5 Å². The number of benzene rings is 2. The van der Waals surface area contributed by atoms with Crippen molar-refractivity contribution in [2.45, 2.75) is 25.1 Å². The van der Waals surface area contributed by atoms with Crippen molar-refractivity contribution in [3.8, 4) is 5.75 Å². The summed E-state index contributed by atoms with van der Waals surface area (Å²) >= 11 is 0. The first-order chi connectivity index (χ1) is 16.6. The number of amides is 2. The van der Waals surface area contributed by atoms with E-state index in [1.54, 1.807) is 36.5 Å². The Bertz CT molecular complexity index is 1100. The van der Waals surface area contributed by atoms with Gasteiger partial charge in [0.15, 0.2) is 0 Å². The molecule has 2 unspecified atom stereocenters. The van der Waals surface area contributed by atoms with Crippen molar-refractivity contribution in [3.05, 3.63) is 89.7 Å². The highest BCUT2D eigenvalue weighted by molar-refractivity contribution is 5.92. The summed E-state index contributed by atoms with van der Waals surface area (Å²) in [6, 6.07) is 17.8. The molecule has 1 aromatic heterocycles. The topological polar surface area (TPSA) is 101 Å². The number of morpholine rings is 1. The fraction of sp³-hybridized carbons (Fsp3) is 0.269. The molecule has 176 valence electrons. The number of hydrogen-bond donors (Lipinski definition) is 2. The van der Waals surface area contributed by atoms with Crippen molar-refractivity contribution in [2.75, 3.05) is 25.6 Å². The third-order valence-electron chi connectivity index (χ3n) is 5.79. The number of aliphatic hydroxyl groups is 1. The Balaban J connectivity index is 1.41. The Morgan fingerprint density at radius 1 is 1.09 bits per heavy atom. The first kappa shape index (κ1) is 23.4. The molecule has 1 saturated heterocycles. The maximum absolute atomic E-state index is 12.5. The van der Waals surface area contributed by atoms with Gasteiger partial charge in [-0.15, -0.1) is 0 Å². The zero-order valence-electron chi connectivity index (χ0n) is 18.9. The molecule has 0 saturated carbocycles. The number of rotatable bonds is 8. The van der Waals surface area contributed by atoms with Crippen LogP contribution in [-0.2, 0) is 27.3 Å². The van der Waals surface area contributed by atoms with Crippen LogP contribution in [0.15, 0.2) is 73.1 Å². The quantitative estimate of drug-likeness (QED) is 0.535. The Morgan fingerprint density at radius 2 is 1.79 bits per heavy atom. The number of nitrogens with zero attached hydrogens (tertiary/aromatic N) is 2. The van der Waals surface area contributed by atoms with E-state index in [4.69, 9.17) is 9.47 Å². The Labute approximate surface area is 198 Å². The minimum absolute atomic E-state index is 0.0629. The summed E-state index contributed by atoms with van der Waals surface area (Å²) in [5, 5.41) is 13.0. The van der Waals surface area contributed by atoms with E-state index < -0.39 is 12.1 Å². The zero-order chi connectivity index (χ0) is 23.9. The molecule has 2 heterocycles. The molecule has 4 rings (SSSR count). The van der Waals surface area contributed by atoms with Gasteiger partial charge in [-0.1, -0.05) is 24.3 Å². The van der Waals surface area contributed by atoms with Crippen molar-refractivity contribution < 1.29 is 24.2 Å². The number of carbonyl (C=O) groups is 2. The maximum atomic E-state index is 12.5. The van der Waals surface area contributed by atoms with Crippen LogP contribution in [0.3, 0.4) is 0 Å². The van der Waals surface area contributed by atoms with Gasteiger partial charge in [-0.3, -0.25) is 14.6 Å². The number of nitrogens with one attached hydrogen (secondary N) is 1. The number of anilines is 1. The van der Waals surface area contributed by atoms with Crippen LogP contribution < -0.4 is 10.1 Å². The van der Waals surface area contributed by atoms with Crippen LogP contribution >= 0.6 is 0 Å². The molecule has 3 aromatic rings. The Kier molecular flexibility index (Phi) is 7.51. The lowest BCUT2D eigenvalue weighted by Crippen LogP contribution is -2.52. The van der Waals surface area contributed by atoms with Gasteiger partial charge in [-0.2, -0.15) is 0 Å². The van der Waals surface area contributed by atoms with Crippen LogP contribution in [0.25, 0.3) is 0 Å². The second-order valence-electron chi connectivity index (χ2n) is 8.05. The van der Waals surface area contributed by atoms with Crippen molar-refractivity contribution in [1.82, 2.24) is 9.88 Å². The number of ether oxygens (including phenoxy) is 2. The molecule has 1 fully saturated rings. The van der Waals surface area contributed by atoms with E-state index in [1.165, 1.54) is 0 Å². The number of pyridine rings is 1. The van der Waals surface area contributed by atoms with Gasteiger partial charge in [0, 0.05) is 24.6 Å². The lowest BCUT2D eigenvalue weighted by Gasteiger charge is -2.40. The molecule has 1 aliphatic heterocycles. The van der Waals surface area contributed by atoms with E-state index in [-0.39, 0.29) is 31.4 Å². The van der Waals surface area contributed by atoms with Gasteiger partial charge < -0.3 is 24.8 Å². The molecule has 0 aliphatic carbocycles. The second kappa shape index (κ2) is 10.9. The average molecular weight is 462 g/mol. The lowest BCUT2D eigenvalue weighted by molar-refractivity contribution is -0.162. The van der Waals surface area contributed by atoms with Gasteiger partial charge in [0.2, 0.25) is 11.8 Å². The largest absolute Gasteiger partial charge is 0.497 e. The van der Waals surface area contributed by atoms with Crippen molar-refractivity contribution in [3.63, 3.8) is 0 Å². The maximum Gasteiger partial charge on any atom is 0.249 e. The standard InChI is InChI=1S/C26H27N3O5/c1-33-22-8-2-18(3-9-22)14-24(31)28-21-6-4-20(5-7-21)26-23(16-30)29(25(32)17-34-26)15-19-10-12-27-13-11-19/h2-13,23,26,30H,14-17H2,1H3,(H,28,31). The van der Waals surface area contributed by atoms with Crippen LogP contribution in [0.4, 0.5) is 5.69 Å². The molecular formula is C26H27N3O5. The zero-order valence-corrected chi connectivity index (χ0v) is 18.9. The first-order valence-corrected chi connectivity index (χ1v) is 11.0. The summed E-state index contributed by atoms with van der Waals surface area (Å²) in [5.74, 6) is 0.440. The van der Waals surface area contributed by atoms with Crippen molar-refractivity contribution in [1.29, 1.82) is 0 Å². The number of aliphatic hydroxyl groups excluding tert-OH is 1. The third kappa shape index (κ3) is 5.59. The van der Waals surface area contributed by atoms with E-state index in [1.807, 2.05) is 48.5 Å². The number of methoxy groups -OCH3 is 1. The van der Waals surface area contributed by atoms with Crippen molar-refractivity contribution >= 4 is 17.5 Å². The summed E-state index contributed by atoms with van der Waals surface area (Å²) in [5.41, 5.74) is 3.29. The predicted octanol–water partition coefficient (Wildman–Crippen LogP) is 2.73. The molecular weight excluding hydrogens is 434 g/mol. The highest BCUT2D eigenvalue weighted by Crippen LogP contribution is 2.31. The molecule has 0 spiro atoms. The Hall–Kier alpha value is -3.75. The van der Waals surface area contributed by atoms with Gasteiger partial charge in [-0.05, 0) is 53.1 Å². The molecule has 0 bridgehead atoms. The minimum atomic E-state index is -0.523. The van der Waals surface area contributed by atoms with E-state index in [0.717, 1.165) is 22.4 Å². The van der Waals surface area contributed by atoms with Crippen LogP contribution in [0.2, 0.25) is 0 Å². The second-order valence-corrected chi connectivity index (χ2v) is 8.05. The molecule has 2 N–H and O–H groups in total. The van der Waals surface area contributed by atoms with E-state index in [9.17, 15) is 14.7 Å². The van der Waals surface area contributed by atoms with Gasteiger partial charge >= 0.3 is 0 Å². The normalized spacial score (nSPS) is 17.9. The fourth-order valence-corrected chi connectivity index (χ4v) is 4.00. The van der Waals surface area contributed by atoms with Gasteiger partial charge in [0.25, 0.3) is 0 Å². The molecule has 2 amide bonds. The van der Waals surface area contributed by atoms with Crippen LogP contribution in [0.1, 0.15) is 22.8 Å². The molecule has 34 heavy (non-hydrogen) atoms. The summed E-state index contributed by atoms with van der Waals surface area (Å²) in [4.78, 5) is 30.6. The van der Waals surface area contributed by atoms with Gasteiger partial charge in [0.05, 0.1) is 26.2 Å². The summed E-state index contributed by atoms with van der Waals surface area (Å²) < 4.78 is 10.9. The molecule has 0 radical (unpaired) electrons. The third-order valence-corrected chi connectivity index (χ3v) is 5.79. The molecule has 8 nitrogen and oxygen atoms in total. The molecule has 2 aromatic carbocycles. The first-order valence-electron chi connectivity index (χ1n) is 11.0. The highest BCUT2D eigenvalue weighted by Gasteiger charge is 2.37. The van der Waals surface area contributed by atoms with E-state index in [0.29, 0.717) is 12.2 Å². The number of carbonyl (C=O) groups excluding carboxylic acids is 2. The van der Waals surface area contributed by atoms with Gasteiger partial charge in [-0.25, -0.2) is 0 Å². The monoisotopic (exact) mass is 461 g/mol. The van der Waals surface area contributed by atoms with Crippen LogP contribution in [0, 0.1) is 0 Å². The number of hydrogen-bond acceptors (Lipinski definition) is 6. The predicted molar refractivity (Wildman–Crippen MR) is 126 cm³/mol. The van der Waals surface area contributed by atoms with Crippen molar-refractivity contribution in [2.24, 2.45) is 0 Å². The average Bonchev–Trinajstić information content (AvgIpc) is 2.87. The summed E-state index contributed by atoms with van der Waals surface area (Å²) in [6.07, 6.45) is 3.12. The smallest absolute Gasteiger partial charge is 0.249 e. The van der Waals surface area contributed by atoms with E-state index >= 15 is 0 Å². The molecule has 8 heteroatoms. The van der Waals surface area contributed by atoms with Crippen LogP contribution in [0.5, 0.6) is 5.75 Å². The fourth-order valence-electron chi connectivity index (χ4n) is 4.00. The summed E-state index contributed by atoms with van der Waals surface area (Å²) in [7, 11) is 1.60. The highest BCUT2D eigenvalue weighted by atomic mass is 16.5. The van der Waals surface area contributed by atoms with Crippen LogP contribution in [-0.4, -0.2) is 53.2 Å². The molecule has 2 atom stereocenters. The molecule has 1 aliphatic rings. The van der Waals surface area contributed by atoms with E-state index in [2.05, 4.69) is 10.3 Å². The summed E-state index contributed by atoms with van der Waals surface area (Å²) in [6.45, 7) is 0.0698. The number of aromatic nitrogens is 1.